The predicted octanol–water partition coefficient (Wildman–Crippen LogP) is 1.31. The molecule has 2 heteroatoms. The molecular weight excluding hydrogens is 114 g/mol. The van der Waals surface area contributed by atoms with Crippen LogP contribution in [0.5, 0.6) is 0 Å². The van der Waals surface area contributed by atoms with E-state index >= 15 is 0 Å². The van der Waals surface area contributed by atoms with Crippen molar-refractivity contribution < 1.29 is 4.42 Å². The lowest BCUT2D eigenvalue weighted by atomic mass is 10.1. The summed E-state index contributed by atoms with van der Waals surface area (Å²) < 4.78 is 5.17. The molecule has 2 rings (SSSR count). The monoisotopic (exact) mass is 123 g/mol. The SMILES string of the molecule is c1coc([C@H]2CCN2)c1. The summed E-state index contributed by atoms with van der Waals surface area (Å²) in [6.07, 6.45) is 2.93. The molecule has 0 radical (unpaired) electrons. The van der Waals surface area contributed by atoms with Gasteiger partial charge in [-0.1, -0.05) is 0 Å². The molecule has 2 heterocycles. The summed E-state index contributed by atoms with van der Waals surface area (Å²) in [7, 11) is 0. The number of furan rings is 1. The first-order valence-corrected chi connectivity index (χ1v) is 3.23. The Hall–Kier alpha value is -0.760. The first-order valence-electron chi connectivity index (χ1n) is 3.23. The van der Waals surface area contributed by atoms with E-state index in [0.717, 1.165) is 12.3 Å². The van der Waals surface area contributed by atoms with E-state index in [1.54, 1.807) is 6.26 Å². The van der Waals surface area contributed by atoms with Gasteiger partial charge in [0.1, 0.15) is 5.76 Å². The molecule has 1 atom stereocenters. The van der Waals surface area contributed by atoms with Crippen molar-refractivity contribution in [1.29, 1.82) is 0 Å². The summed E-state index contributed by atoms with van der Waals surface area (Å²) in [6, 6.07) is 4.44. The quantitative estimate of drug-likeness (QED) is 0.609. The van der Waals surface area contributed by atoms with Gasteiger partial charge >= 0.3 is 0 Å². The molecule has 1 N–H and O–H groups in total. The van der Waals surface area contributed by atoms with Crippen molar-refractivity contribution in [2.75, 3.05) is 6.54 Å². The van der Waals surface area contributed by atoms with Crippen LogP contribution in [-0.4, -0.2) is 6.54 Å². The van der Waals surface area contributed by atoms with Gasteiger partial charge in [-0.2, -0.15) is 0 Å². The van der Waals surface area contributed by atoms with Crippen LogP contribution < -0.4 is 5.32 Å². The molecule has 1 fully saturated rings. The van der Waals surface area contributed by atoms with E-state index in [0.29, 0.717) is 6.04 Å². The molecule has 0 aromatic carbocycles. The van der Waals surface area contributed by atoms with E-state index in [-0.39, 0.29) is 0 Å². The summed E-state index contributed by atoms with van der Waals surface area (Å²) in [5.74, 6) is 1.07. The molecule has 2 nitrogen and oxygen atoms in total. The van der Waals surface area contributed by atoms with E-state index in [2.05, 4.69) is 5.32 Å². The molecule has 1 aromatic rings. The fourth-order valence-corrected chi connectivity index (χ4v) is 1.02. The molecule has 1 aromatic heterocycles. The minimum atomic E-state index is 0.500. The van der Waals surface area contributed by atoms with Crippen LogP contribution in [0, 0.1) is 0 Å². The van der Waals surface area contributed by atoms with Crippen LogP contribution in [0.2, 0.25) is 0 Å². The fourth-order valence-electron chi connectivity index (χ4n) is 1.02. The van der Waals surface area contributed by atoms with Crippen molar-refractivity contribution >= 4 is 0 Å². The Bertz CT molecular complexity index is 177. The highest BCUT2D eigenvalue weighted by atomic mass is 16.3. The van der Waals surface area contributed by atoms with E-state index < -0.39 is 0 Å². The molecule has 48 valence electrons. The maximum Gasteiger partial charge on any atom is 0.120 e. The Morgan fingerprint density at radius 3 is 3.00 bits per heavy atom. The maximum atomic E-state index is 5.17. The molecule has 1 aliphatic heterocycles. The van der Waals surface area contributed by atoms with Gasteiger partial charge < -0.3 is 9.73 Å². The summed E-state index contributed by atoms with van der Waals surface area (Å²) in [5, 5.41) is 3.25. The Morgan fingerprint density at radius 1 is 1.67 bits per heavy atom. The number of rotatable bonds is 1. The van der Waals surface area contributed by atoms with Crippen LogP contribution in [0.25, 0.3) is 0 Å². The zero-order valence-corrected chi connectivity index (χ0v) is 5.13. The third-order valence-corrected chi connectivity index (χ3v) is 1.71. The van der Waals surface area contributed by atoms with Gasteiger partial charge in [0.2, 0.25) is 0 Å². The highest BCUT2D eigenvalue weighted by molar-refractivity contribution is 5.06. The molecule has 1 aliphatic rings. The van der Waals surface area contributed by atoms with Gasteiger partial charge in [0, 0.05) is 0 Å². The van der Waals surface area contributed by atoms with Gasteiger partial charge in [0.25, 0.3) is 0 Å². The number of nitrogens with one attached hydrogen (secondary N) is 1. The first kappa shape index (κ1) is 5.06. The van der Waals surface area contributed by atoms with Crippen molar-refractivity contribution in [2.24, 2.45) is 0 Å². The molecule has 1 saturated heterocycles. The van der Waals surface area contributed by atoms with Crippen molar-refractivity contribution in [1.82, 2.24) is 5.32 Å². The molecule has 0 unspecified atom stereocenters. The lowest BCUT2D eigenvalue weighted by molar-refractivity contribution is 0.319. The van der Waals surface area contributed by atoms with Crippen LogP contribution >= 0.6 is 0 Å². The molecular formula is C7H9NO. The average Bonchev–Trinajstić information content (AvgIpc) is 2.11. The number of hydrogen-bond acceptors (Lipinski definition) is 2. The van der Waals surface area contributed by atoms with E-state index in [1.165, 1.54) is 6.42 Å². The second-order valence-electron chi connectivity index (χ2n) is 2.31. The molecule has 0 aliphatic carbocycles. The third-order valence-electron chi connectivity index (χ3n) is 1.71. The van der Waals surface area contributed by atoms with Crippen molar-refractivity contribution in [3.8, 4) is 0 Å². The van der Waals surface area contributed by atoms with E-state index in [9.17, 15) is 0 Å². The Kier molecular flexibility index (Phi) is 1.06. The highest BCUT2D eigenvalue weighted by Gasteiger charge is 2.19. The van der Waals surface area contributed by atoms with Crippen LogP contribution in [0.1, 0.15) is 18.2 Å². The van der Waals surface area contributed by atoms with Crippen LogP contribution in [-0.2, 0) is 0 Å². The molecule has 0 bridgehead atoms. The first-order chi connectivity index (χ1) is 4.47. The fraction of sp³-hybridized carbons (Fsp3) is 0.429. The predicted molar refractivity (Wildman–Crippen MR) is 34.1 cm³/mol. The minimum absolute atomic E-state index is 0.500. The topological polar surface area (TPSA) is 25.2 Å². The van der Waals surface area contributed by atoms with E-state index in [4.69, 9.17) is 4.42 Å². The molecule has 0 amide bonds. The van der Waals surface area contributed by atoms with Gasteiger partial charge in [-0.25, -0.2) is 0 Å². The normalized spacial score (nSPS) is 25.6. The van der Waals surface area contributed by atoms with Gasteiger partial charge in [-0.05, 0) is 25.1 Å². The Labute approximate surface area is 53.9 Å². The summed E-state index contributed by atoms with van der Waals surface area (Å²) in [5.41, 5.74) is 0. The highest BCUT2D eigenvalue weighted by Crippen LogP contribution is 2.22. The second-order valence-corrected chi connectivity index (χ2v) is 2.31. The smallest absolute Gasteiger partial charge is 0.120 e. The van der Waals surface area contributed by atoms with Crippen LogP contribution in [0.3, 0.4) is 0 Å². The standard InChI is InChI=1S/C7H9NO/c1-2-7(9-5-1)6-3-4-8-6/h1-2,5-6,8H,3-4H2/t6-/m1/s1. The van der Waals surface area contributed by atoms with E-state index in [1.807, 2.05) is 12.1 Å². The van der Waals surface area contributed by atoms with Crippen LogP contribution in [0.4, 0.5) is 0 Å². The van der Waals surface area contributed by atoms with Gasteiger partial charge in [-0.3, -0.25) is 0 Å². The second kappa shape index (κ2) is 1.88. The summed E-state index contributed by atoms with van der Waals surface area (Å²) in [6.45, 7) is 1.13. The lowest BCUT2D eigenvalue weighted by Gasteiger charge is -2.25. The van der Waals surface area contributed by atoms with Crippen molar-refractivity contribution in [3.05, 3.63) is 24.2 Å². The third kappa shape index (κ3) is 0.754. The summed E-state index contributed by atoms with van der Waals surface area (Å²) in [4.78, 5) is 0. The maximum absolute atomic E-state index is 5.17. The largest absolute Gasteiger partial charge is 0.468 e. The lowest BCUT2D eigenvalue weighted by Crippen LogP contribution is -2.34. The summed E-state index contributed by atoms with van der Waals surface area (Å²) >= 11 is 0. The zero-order valence-electron chi connectivity index (χ0n) is 5.13. The van der Waals surface area contributed by atoms with Crippen molar-refractivity contribution in [2.45, 2.75) is 12.5 Å². The Balaban J connectivity index is 2.14. The molecule has 0 spiro atoms. The van der Waals surface area contributed by atoms with Crippen LogP contribution in [0.15, 0.2) is 22.8 Å². The number of hydrogen-bond donors (Lipinski definition) is 1. The van der Waals surface area contributed by atoms with Crippen molar-refractivity contribution in [3.63, 3.8) is 0 Å². The minimum Gasteiger partial charge on any atom is -0.468 e. The Morgan fingerprint density at radius 2 is 2.56 bits per heavy atom. The molecule has 9 heavy (non-hydrogen) atoms. The zero-order chi connectivity index (χ0) is 6.10. The van der Waals surface area contributed by atoms with Gasteiger partial charge in [0.15, 0.2) is 0 Å². The van der Waals surface area contributed by atoms with Gasteiger partial charge in [0.05, 0.1) is 12.3 Å². The van der Waals surface area contributed by atoms with Gasteiger partial charge in [-0.15, -0.1) is 0 Å². The average molecular weight is 123 g/mol. The molecule has 0 saturated carbocycles.